The summed E-state index contributed by atoms with van der Waals surface area (Å²) >= 11 is 6.16. The van der Waals surface area contributed by atoms with E-state index in [0.29, 0.717) is 16.9 Å². The Morgan fingerprint density at radius 3 is 2.81 bits per heavy atom. The quantitative estimate of drug-likeness (QED) is 0.450. The zero-order valence-corrected chi connectivity index (χ0v) is 14.8. The number of hydrogen-bond acceptors (Lipinski definition) is 7. The molecule has 2 aromatic rings. The molecule has 0 bridgehead atoms. The highest BCUT2D eigenvalue weighted by molar-refractivity contribution is 6.32. The lowest BCUT2D eigenvalue weighted by Crippen LogP contribution is -2.17. The molecule has 0 radical (unpaired) electrons. The van der Waals surface area contributed by atoms with Crippen LogP contribution in [0.15, 0.2) is 41.8 Å². The number of carbonyl (C=O) groups is 2. The first-order valence-corrected chi connectivity index (χ1v) is 7.73. The van der Waals surface area contributed by atoms with E-state index in [1.165, 1.54) is 26.6 Å². The number of nitrogens with one attached hydrogen (secondary N) is 1. The molecule has 0 saturated carbocycles. The normalized spacial score (nSPS) is 10.4. The van der Waals surface area contributed by atoms with Gasteiger partial charge in [0.05, 0.1) is 31.0 Å². The van der Waals surface area contributed by atoms with Crippen molar-refractivity contribution in [1.29, 1.82) is 0 Å². The Hall–Kier alpha value is -3.13. The summed E-state index contributed by atoms with van der Waals surface area (Å²) in [5.41, 5.74) is 3.32. The molecule has 0 spiro atoms. The third-order valence-corrected chi connectivity index (χ3v) is 3.40. The number of benzene rings is 1. The fourth-order valence-corrected chi connectivity index (χ4v) is 2.15. The minimum absolute atomic E-state index is 0.205. The van der Waals surface area contributed by atoms with E-state index < -0.39 is 11.9 Å². The number of methoxy groups -OCH3 is 2. The third-order valence-electron chi connectivity index (χ3n) is 3.12. The molecule has 1 aromatic carbocycles. The van der Waals surface area contributed by atoms with Gasteiger partial charge >= 0.3 is 5.97 Å². The summed E-state index contributed by atoms with van der Waals surface area (Å²) in [5.74, 6) is -0.435. The molecule has 9 heteroatoms. The van der Waals surface area contributed by atoms with Crippen LogP contribution < -0.4 is 14.9 Å². The minimum Gasteiger partial charge on any atom is -0.493 e. The summed E-state index contributed by atoms with van der Waals surface area (Å²) in [5, 5.41) is 4.09. The fourth-order valence-electron chi connectivity index (χ4n) is 1.87. The molecule has 1 heterocycles. The van der Waals surface area contributed by atoms with Crippen molar-refractivity contribution in [3.8, 4) is 11.5 Å². The maximum Gasteiger partial charge on any atom is 0.343 e. The van der Waals surface area contributed by atoms with Gasteiger partial charge in [-0.3, -0.25) is 9.78 Å². The number of carbonyl (C=O) groups excluding carboxylic acids is 2. The van der Waals surface area contributed by atoms with E-state index in [0.717, 1.165) is 0 Å². The molecule has 0 atom stereocenters. The Morgan fingerprint density at radius 2 is 2.15 bits per heavy atom. The van der Waals surface area contributed by atoms with Crippen LogP contribution in [0.2, 0.25) is 5.02 Å². The Kier molecular flexibility index (Phi) is 6.92. The van der Waals surface area contributed by atoms with Crippen LogP contribution in [0.3, 0.4) is 0 Å². The lowest BCUT2D eigenvalue weighted by atomic mass is 10.2. The van der Waals surface area contributed by atoms with Crippen molar-refractivity contribution in [3.63, 3.8) is 0 Å². The van der Waals surface area contributed by atoms with Crippen LogP contribution in [-0.4, -0.2) is 43.9 Å². The van der Waals surface area contributed by atoms with E-state index in [2.05, 4.69) is 20.2 Å². The minimum atomic E-state index is -0.549. The van der Waals surface area contributed by atoms with Gasteiger partial charge in [0.15, 0.2) is 18.1 Å². The number of amides is 1. The number of rotatable bonds is 7. The van der Waals surface area contributed by atoms with Crippen molar-refractivity contribution >= 4 is 29.7 Å². The average Bonchev–Trinajstić information content (AvgIpc) is 2.67. The number of hydrazone groups is 1. The Labute approximate surface area is 154 Å². The average molecular weight is 378 g/mol. The first-order valence-electron chi connectivity index (χ1n) is 7.35. The summed E-state index contributed by atoms with van der Waals surface area (Å²) in [4.78, 5) is 26.9. The summed E-state index contributed by atoms with van der Waals surface area (Å²) in [6, 6.07) is 6.41. The number of hydrogen-bond donors (Lipinski definition) is 1. The largest absolute Gasteiger partial charge is 0.493 e. The SMILES string of the molecule is COC(=O)COc1c(Cl)cc(C=NNC(=O)c2cccnc2)cc1OC. The van der Waals surface area contributed by atoms with E-state index >= 15 is 0 Å². The van der Waals surface area contributed by atoms with Gasteiger partial charge in [0.2, 0.25) is 0 Å². The molecule has 0 unspecified atom stereocenters. The Morgan fingerprint density at radius 1 is 1.35 bits per heavy atom. The molecule has 2 rings (SSSR count). The molecule has 0 fully saturated rings. The van der Waals surface area contributed by atoms with Gasteiger partial charge in [0.1, 0.15) is 0 Å². The first kappa shape index (κ1) is 19.2. The second-order valence-electron chi connectivity index (χ2n) is 4.84. The number of aromatic nitrogens is 1. The Balaban J connectivity index is 2.09. The highest BCUT2D eigenvalue weighted by Gasteiger charge is 2.13. The van der Waals surface area contributed by atoms with Crippen LogP contribution in [0.1, 0.15) is 15.9 Å². The van der Waals surface area contributed by atoms with Crippen LogP contribution in [0.4, 0.5) is 0 Å². The van der Waals surface area contributed by atoms with Crippen LogP contribution in [-0.2, 0) is 9.53 Å². The van der Waals surface area contributed by atoms with Crippen LogP contribution in [0.5, 0.6) is 11.5 Å². The predicted molar refractivity (Wildman–Crippen MR) is 94.8 cm³/mol. The van der Waals surface area contributed by atoms with Crippen molar-refractivity contribution < 1.29 is 23.8 Å². The Bertz CT molecular complexity index is 812. The summed E-state index contributed by atoms with van der Waals surface area (Å²) in [6.07, 6.45) is 4.39. The monoisotopic (exact) mass is 377 g/mol. The number of halogens is 1. The zero-order chi connectivity index (χ0) is 18.9. The smallest absolute Gasteiger partial charge is 0.343 e. The fraction of sp³-hybridized carbons (Fsp3) is 0.176. The molecular formula is C17H16ClN3O5. The van der Waals surface area contributed by atoms with E-state index in [-0.39, 0.29) is 17.4 Å². The maximum atomic E-state index is 11.9. The van der Waals surface area contributed by atoms with E-state index in [1.54, 1.807) is 30.5 Å². The van der Waals surface area contributed by atoms with Crippen molar-refractivity contribution in [2.75, 3.05) is 20.8 Å². The van der Waals surface area contributed by atoms with Crippen LogP contribution in [0.25, 0.3) is 0 Å². The van der Waals surface area contributed by atoms with Crippen molar-refractivity contribution in [3.05, 3.63) is 52.8 Å². The van der Waals surface area contributed by atoms with Gasteiger partial charge in [-0.2, -0.15) is 5.10 Å². The molecule has 8 nitrogen and oxygen atoms in total. The van der Waals surface area contributed by atoms with Crippen molar-refractivity contribution in [1.82, 2.24) is 10.4 Å². The van der Waals surface area contributed by atoms with Gasteiger partial charge in [-0.05, 0) is 29.8 Å². The summed E-state index contributed by atoms with van der Waals surface area (Å²) in [6.45, 7) is -0.304. The molecule has 0 saturated heterocycles. The number of nitrogens with zero attached hydrogens (tertiary/aromatic N) is 2. The van der Waals surface area contributed by atoms with Gasteiger partial charge in [0.25, 0.3) is 5.91 Å². The van der Waals surface area contributed by atoms with Crippen LogP contribution in [0, 0.1) is 0 Å². The lowest BCUT2D eigenvalue weighted by molar-refractivity contribution is -0.142. The number of esters is 1. The summed E-state index contributed by atoms with van der Waals surface area (Å²) in [7, 11) is 2.69. The van der Waals surface area contributed by atoms with Gasteiger partial charge < -0.3 is 14.2 Å². The van der Waals surface area contributed by atoms with E-state index in [4.69, 9.17) is 21.1 Å². The lowest BCUT2D eigenvalue weighted by Gasteiger charge is -2.12. The maximum absolute atomic E-state index is 11.9. The molecule has 0 aliphatic carbocycles. The van der Waals surface area contributed by atoms with Crippen molar-refractivity contribution in [2.45, 2.75) is 0 Å². The van der Waals surface area contributed by atoms with Gasteiger partial charge in [-0.25, -0.2) is 10.2 Å². The van der Waals surface area contributed by atoms with E-state index in [9.17, 15) is 9.59 Å². The molecule has 0 aliphatic heterocycles. The van der Waals surface area contributed by atoms with Crippen molar-refractivity contribution in [2.24, 2.45) is 5.10 Å². The first-order chi connectivity index (χ1) is 12.5. The van der Waals surface area contributed by atoms with Gasteiger partial charge in [0, 0.05) is 12.4 Å². The molecule has 136 valence electrons. The number of ether oxygens (including phenoxy) is 3. The highest BCUT2D eigenvalue weighted by atomic mass is 35.5. The third kappa shape index (κ3) is 5.18. The molecule has 0 aliphatic rings. The molecule has 26 heavy (non-hydrogen) atoms. The summed E-state index contributed by atoms with van der Waals surface area (Å²) < 4.78 is 15.0. The second kappa shape index (κ2) is 9.38. The topological polar surface area (TPSA) is 99.1 Å². The second-order valence-corrected chi connectivity index (χ2v) is 5.25. The molecular weight excluding hydrogens is 362 g/mol. The molecule has 1 N–H and O–H groups in total. The van der Waals surface area contributed by atoms with Crippen LogP contribution >= 0.6 is 11.6 Å². The molecule has 1 amide bonds. The number of pyridine rings is 1. The molecule has 1 aromatic heterocycles. The standard InChI is InChI=1S/C17H16ClN3O5/c1-24-14-7-11(6-13(18)16(14)26-10-15(22)25-2)8-20-21-17(23)12-4-3-5-19-9-12/h3-9H,10H2,1-2H3,(H,21,23). The van der Waals surface area contributed by atoms with E-state index in [1.807, 2.05) is 0 Å². The zero-order valence-electron chi connectivity index (χ0n) is 14.1. The van der Waals surface area contributed by atoms with Gasteiger partial charge in [-0.15, -0.1) is 0 Å². The predicted octanol–water partition coefficient (Wildman–Crippen LogP) is 2.06. The van der Waals surface area contributed by atoms with Gasteiger partial charge in [-0.1, -0.05) is 11.6 Å². The highest BCUT2D eigenvalue weighted by Crippen LogP contribution is 2.36.